The van der Waals surface area contributed by atoms with E-state index in [-0.39, 0.29) is 22.5 Å². The summed E-state index contributed by atoms with van der Waals surface area (Å²) in [5.74, 6) is -0.897. The second kappa shape index (κ2) is 5.88. The quantitative estimate of drug-likeness (QED) is 0.908. The lowest BCUT2D eigenvalue weighted by Crippen LogP contribution is -2.46. The molecule has 0 aromatic heterocycles. The molecule has 1 saturated carbocycles. The number of likely N-dealkylation sites (N-methyl/N-ethyl adjacent to an activating group) is 1. The first-order chi connectivity index (χ1) is 9.00. The summed E-state index contributed by atoms with van der Waals surface area (Å²) < 4.78 is 13.4. The van der Waals surface area contributed by atoms with Crippen molar-refractivity contribution in [2.75, 3.05) is 7.05 Å². The lowest BCUT2D eigenvalue weighted by molar-refractivity contribution is 0.0268. The lowest BCUT2D eigenvalue weighted by atomic mass is 9.91. The van der Waals surface area contributed by atoms with Gasteiger partial charge in [-0.3, -0.25) is 4.79 Å². The van der Waals surface area contributed by atoms with E-state index in [9.17, 15) is 14.3 Å². The van der Waals surface area contributed by atoms with Crippen molar-refractivity contribution >= 4 is 17.5 Å². The summed E-state index contributed by atoms with van der Waals surface area (Å²) in [5, 5.41) is 9.94. The van der Waals surface area contributed by atoms with Crippen LogP contribution in [0, 0.1) is 5.82 Å². The number of rotatable bonds is 2. The topological polar surface area (TPSA) is 40.5 Å². The Morgan fingerprint density at radius 3 is 2.74 bits per heavy atom. The molecule has 2 rings (SSSR count). The van der Waals surface area contributed by atoms with Gasteiger partial charge in [0.25, 0.3) is 5.91 Å². The second-order valence-electron chi connectivity index (χ2n) is 4.96. The summed E-state index contributed by atoms with van der Waals surface area (Å²) in [5.41, 5.74) is 0.252. The van der Waals surface area contributed by atoms with Crippen molar-refractivity contribution in [2.24, 2.45) is 0 Å². The summed E-state index contributed by atoms with van der Waals surface area (Å²) in [6.45, 7) is 0. The van der Waals surface area contributed by atoms with Gasteiger partial charge in [0.1, 0.15) is 5.82 Å². The van der Waals surface area contributed by atoms with Gasteiger partial charge in [-0.15, -0.1) is 0 Å². The lowest BCUT2D eigenvalue weighted by Gasteiger charge is -2.35. The Balaban J connectivity index is 2.15. The minimum Gasteiger partial charge on any atom is -0.391 e. The van der Waals surface area contributed by atoms with Gasteiger partial charge in [0.15, 0.2) is 0 Å². The van der Waals surface area contributed by atoms with Gasteiger partial charge in [0.2, 0.25) is 0 Å². The van der Waals surface area contributed by atoms with E-state index in [1.165, 1.54) is 17.0 Å². The van der Waals surface area contributed by atoms with E-state index >= 15 is 0 Å². The Labute approximate surface area is 117 Å². The molecular weight excluding hydrogens is 269 g/mol. The van der Waals surface area contributed by atoms with Crippen LogP contribution in [0.15, 0.2) is 18.2 Å². The minimum absolute atomic E-state index is 0.00287. The van der Waals surface area contributed by atoms with E-state index in [0.717, 1.165) is 25.3 Å². The normalized spacial score (nSPS) is 23.2. The van der Waals surface area contributed by atoms with Crippen molar-refractivity contribution in [1.82, 2.24) is 4.90 Å². The molecule has 2 atom stereocenters. The van der Waals surface area contributed by atoms with E-state index in [1.54, 1.807) is 7.05 Å². The zero-order valence-electron chi connectivity index (χ0n) is 10.8. The molecule has 1 aromatic rings. The third-order valence-corrected chi connectivity index (χ3v) is 3.98. The number of carbonyl (C=O) groups is 1. The summed E-state index contributed by atoms with van der Waals surface area (Å²) in [7, 11) is 1.65. The predicted octanol–water partition coefficient (Wildman–Crippen LogP) is 2.85. The molecule has 1 fully saturated rings. The first-order valence-electron chi connectivity index (χ1n) is 6.41. The van der Waals surface area contributed by atoms with Crippen molar-refractivity contribution in [2.45, 2.75) is 37.8 Å². The molecule has 0 spiro atoms. The molecule has 3 nitrogen and oxygen atoms in total. The van der Waals surface area contributed by atoms with Crippen LogP contribution < -0.4 is 0 Å². The van der Waals surface area contributed by atoms with Gasteiger partial charge < -0.3 is 10.0 Å². The number of carbonyl (C=O) groups excluding carboxylic acids is 1. The number of hydrogen-bond donors (Lipinski definition) is 1. The molecule has 1 aliphatic rings. The molecule has 1 aliphatic carbocycles. The van der Waals surface area contributed by atoms with E-state index in [4.69, 9.17) is 11.6 Å². The predicted molar refractivity (Wildman–Crippen MR) is 71.8 cm³/mol. The number of benzene rings is 1. The van der Waals surface area contributed by atoms with Crippen LogP contribution >= 0.6 is 11.6 Å². The van der Waals surface area contributed by atoms with Gasteiger partial charge in [0.05, 0.1) is 17.2 Å². The van der Waals surface area contributed by atoms with Crippen LogP contribution in [-0.2, 0) is 0 Å². The Morgan fingerprint density at radius 2 is 2.11 bits per heavy atom. The number of aliphatic hydroxyl groups is 1. The largest absolute Gasteiger partial charge is 0.391 e. The monoisotopic (exact) mass is 285 g/mol. The summed E-state index contributed by atoms with van der Waals surface area (Å²) >= 11 is 5.60. The van der Waals surface area contributed by atoms with Crippen LogP contribution in [0.25, 0.3) is 0 Å². The molecular formula is C14H17ClFNO2. The van der Waals surface area contributed by atoms with E-state index in [0.29, 0.717) is 6.42 Å². The Bertz CT molecular complexity index is 481. The van der Waals surface area contributed by atoms with Crippen LogP contribution in [-0.4, -0.2) is 35.1 Å². The number of nitrogens with zero attached hydrogens (tertiary/aromatic N) is 1. The van der Waals surface area contributed by atoms with Gasteiger partial charge in [-0.25, -0.2) is 4.39 Å². The van der Waals surface area contributed by atoms with E-state index in [1.807, 2.05) is 0 Å². The number of halogens is 2. The highest BCUT2D eigenvalue weighted by Crippen LogP contribution is 2.24. The standard InChI is InChI=1S/C14H17ClFNO2/c1-17(12-4-2-3-5-13(12)18)14(19)9-6-7-10(15)11(16)8-9/h6-8,12-13,18H,2-5H2,1H3. The Hall–Kier alpha value is -1.13. The van der Waals surface area contributed by atoms with E-state index in [2.05, 4.69) is 0 Å². The summed E-state index contributed by atoms with van der Waals surface area (Å²) in [6, 6.07) is 3.81. The molecule has 0 heterocycles. The van der Waals surface area contributed by atoms with Crippen molar-refractivity contribution in [1.29, 1.82) is 0 Å². The van der Waals surface area contributed by atoms with Crippen LogP contribution in [0.2, 0.25) is 5.02 Å². The maximum absolute atomic E-state index is 13.4. The fourth-order valence-electron chi connectivity index (χ4n) is 2.53. The fraction of sp³-hybridized carbons (Fsp3) is 0.500. The number of amides is 1. The highest BCUT2D eigenvalue weighted by molar-refractivity contribution is 6.30. The zero-order valence-corrected chi connectivity index (χ0v) is 11.5. The van der Waals surface area contributed by atoms with Crippen LogP contribution in [0.3, 0.4) is 0 Å². The first kappa shape index (κ1) is 14.3. The third kappa shape index (κ3) is 3.07. The molecule has 104 valence electrons. The highest BCUT2D eigenvalue weighted by Gasteiger charge is 2.29. The smallest absolute Gasteiger partial charge is 0.254 e. The van der Waals surface area contributed by atoms with Crippen molar-refractivity contribution in [3.05, 3.63) is 34.6 Å². The Kier molecular flexibility index (Phi) is 4.42. The highest BCUT2D eigenvalue weighted by atomic mass is 35.5. The zero-order chi connectivity index (χ0) is 14.0. The fourth-order valence-corrected chi connectivity index (χ4v) is 2.64. The Morgan fingerprint density at radius 1 is 1.42 bits per heavy atom. The van der Waals surface area contributed by atoms with E-state index < -0.39 is 11.9 Å². The van der Waals surface area contributed by atoms with Gasteiger partial charge in [-0.1, -0.05) is 24.4 Å². The number of hydrogen-bond acceptors (Lipinski definition) is 2. The average molecular weight is 286 g/mol. The van der Waals surface area contributed by atoms with Crippen LogP contribution in [0.4, 0.5) is 4.39 Å². The molecule has 1 amide bonds. The maximum atomic E-state index is 13.4. The molecule has 2 unspecified atom stereocenters. The van der Waals surface area contributed by atoms with Crippen molar-refractivity contribution in [3.63, 3.8) is 0 Å². The SMILES string of the molecule is CN(C(=O)c1ccc(Cl)c(F)c1)C1CCCCC1O. The summed E-state index contributed by atoms with van der Waals surface area (Å²) in [6.07, 6.45) is 2.96. The maximum Gasteiger partial charge on any atom is 0.254 e. The molecule has 0 bridgehead atoms. The molecule has 1 N–H and O–H groups in total. The van der Waals surface area contributed by atoms with Crippen molar-refractivity contribution < 1.29 is 14.3 Å². The molecule has 1 aromatic carbocycles. The van der Waals surface area contributed by atoms with Gasteiger partial charge >= 0.3 is 0 Å². The molecule has 0 radical (unpaired) electrons. The van der Waals surface area contributed by atoms with Crippen molar-refractivity contribution in [3.8, 4) is 0 Å². The van der Waals surface area contributed by atoms with Gasteiger partial charge in [-0.2, -0.15) is 0 Å². The average Bonchev–Trinajstić information content (AvgIpc) is 2.41. The van der Waals surface area contributed by atoms with Crippen LogP contribution in [0.1, 0.15) is 36.0 Å². The third-order valence-electron chi connectivity index (χ3n) is 3.68. The summed E-state index contributed by atoms with van der Waals surface area (Å²) in [4.78, 5) is 13.8. The van der Waals surface area contributed by atoms with Crippen LogP contribution in [0.5, 0.6) is 0 Å². The molecule has 5 heteroatoms. The van der Waals surface area contributed by atoms with Gasteiger partial charge in [-0.05, 0) is 31.0 Å². The van der Waals surface area contributed by atoms with Gasteiger partial charge in [0, 0.05) is 12.6 Å². The second-order valence-corrected chi connectivity index (χ2v) is 5.37. The molecule has 0 saturated heterocycles. The number of aliphatic hydroxyl groups excluding tert-OH is 1. The first-order valence-corrected chi connectivity index (χ1v) is 6.79. The minimum atomic E-state index is -0.606. The molecule has 0 aliphatic heterocycles. The molecule has 19 heavy (non-hydrogen) atoms.